The van der Waals surface area contributed by atoms with Gasteiger partial charge in [0.25, 0.3) is 0 Å². The first-order valence-corrected chi connectivity index (χ1v) is 7.02. The molecular weight excluding hydrogens is 248 g/mol. The largest absolute Gasteiger partial charge is 0.459 e. The van der Waals surface area contributed by atoms with Crippen molar-refractivity contribution in [1.29, 1.82) is 0 Å². The molecule has 0 amide bonds. The first kappa shape index (κ1) is 13.4. The summed E-state index contributed by atoms with van der Waals surface area (Å²) in [6, 6.07) is 5.54. The van der Waals surface area contributed by atoms with Gasteiger partial charge in [-0.2, -0.15) is 0 Å². The minimum absolute atomic E-state index is 0.0729. The van der Waals surface area contributed by atoms with E-state index in [-0.39, 0.29) is 17.4 Å². The van der Waals surface area contributed by atoms with Gasteiger partial charge in [0.1, 0.15) is 11.6 Å². The molecule has 4 nitrogen and oxygen atoms in total. The molecular formula is C13H18N2O2S. The fourth-order valence-corrected chi connectivity index (χ4v) is 2.87. The zero-order valence-corrected chi connectivity index (χ0v) is 11.7. The highest BCUT2D eigenvalue weighted by molar-refractivity contribution is 7.99. The molecule has 0 radical (unpaired) electrons. The minimum Gasteiger partial charge on any atom is -0.459 e. The van der Waals surface area contributed by atoms with Crippen LogP contribution in [0.3, 0.4) is 0 Å². The summed E-state index contributed by atoms with van der Waals surface area (Å²) in [5.41, 5.74) is 0.514. The molecule has 1 aliphatic heterocycles. The number of hydrogen-bond donors (Lipinski definition) is 1. The van der Waals surface area contributed by atoms with Crippen LogP contribution in [0.15, 0.2) is 24.4 Å². The molecule has 0 bridgehead atoms. The van der Waals surface area contributed by atoms with Gasteiger partial charge in [-0.05, 0) is 32.9 Å². The van der Waals surface area contributed by atoms with E-state index in [2.05, 4.69) is 10.3 Å². The molecule has 2 rings (SSSR count). The molecule has 1 aliphatic rings. The van der Waals surface area contributed by atoms with E-state index < -0.39 is 5.60 Å². The predicted molar refractivity (Wildman–Crippen MR) is 72.2 cm³/mol. The molecule has 98 valence electrons. The number of pyridine rings is 1. The third-order valence-corrected chi connectivity index (χ3v) is 3.67. The fraction of sp³-hybridized carbons (Fsp3) is 0.538. The minimum atomic E-state index is -0.438. The number of hydrogen-bond acceptors (Lipinski definition) is 5. The van der Waals surface area contributed by atoms with E-state index in [1.807, 2.05) is 39.0 Å². The van der Waals surface area contributed by atoms with Crippen molar-refractivity contribution in [1.82, 2.24) is 10.3 Å². The second-order valence-corrected chi connectivity index (χ2v) is 6.36. The lowest BCUT2D eigenvalue weighted by atomic mass is 10.2. The zero-order chi connectivity index (χ0) is 13.2. The third-order valence-electron chi connectivity index (χ3n) is 2.43. The molecule has 18 heavy (non-hydrogen) atoms. The van der Waals surface area contributed by atoms with Crippen LogP contribution in [-0.2, 0) is 9.53 Å². The topological polar surface area (TPSA) is 51.2 Å². The number of carbonyl (C=O) groups excluding carboxylic acids is 1. The lowest BCUT2D eigenvalue weighted by molar-refractivity contribution is -0.156. The number of aromatic nitrogens is 1. The molecule has 5 heteroatoms. The number of nitrogens with one attached hydrogen (secondary N) is 1. The molecule has 2 atom stereocenters. The molecule has 2 unspecified atom stereocenters. The summed E-state index contributed by atoms with van der Waals surface area (Å²) in [5.74, 6) is 0.532. The fourth-order valence-electron chi connectivity index (χ4n) is 1.68. The number of ether oxygens (including phenoxy) is 1. The summed E-state index contributed by atoms with van der Waals surface area (Å²) in [4.78, 5) is 16.2. The summed E-state index contributed by atoms with van der Waals surface area (Å²) in [6.07, 6.45) is 1.76. The van der Waals surface area contributed by atoms with Gasteiger partial charge in [0.15, 0.2) is 0 Å². The SMILES string of the molecule is CC(C)(C)OC(=O)C1CSC(c2ccccn2)N1. The van der Waals surface area contributed by atoms with Gasteiger partial charge in [0, 0.05) is 11.9 Å². The smallest absolute Gasteiger partial charge is 0.324 e. The maximum Gasteiger partial charge on any atom is 0.324 e. The Bertz CT molecular complexity index is 417. The van der Waals surface area contributed by atoms with Gasteiger partial charge in [0.2, 0.25) is 0 Å². The number of esters is 1. The zero-order valence-electron chi connectivity index (χ0n) is 10.8. The van der Waals surface area contributed by atoms with Crippen LogP contribution < -0.4 is 5.32 Å². The predicted octanol–water partition coefficient (Wildman–Crippen LogP) is 2.13. The van der Waals surface area contributed by atoms with Crippen molar-refractivity contribution in [2.45, 2.75) is 37.8 Å². The van der Waals surface area contributed by atoms with Gasteiger partial charge in [-0.25, -0.2) is 0 Å². The highest BCUT2D eigenvalue weighted by atomic mass is 32.2. The van der Waals surface area contributed by atoms with Crippen LogP contribution in [0.2, 0.25) is 0 Å². The first-order valence-electron chi connectivity index (χ1n) is 5.97. The average Bonchev–Trinajstić information content (AvgIpc) is 2.77. The van der Waals surface area contributed by atoms with Crippen LogP contribution in [0.1, 0.15) is 31.8 Å². The second kappa shape index (κ2) is 5.28. The third kappa shape index (κ3) is 3.46. The van der Waals surface area contributed by atoms with E-state index in [4.69, 9.17) is 4.74 Å². The summed E-state index contributed by atoms with van der Waals surface area (Å²) in [7, 11) is 0. The van der Waals surface area contributed by atoms with E-state index >= 15 is 0 Å². The van der Waals surface area contributed by atoms with E-state index in [0.29, 0.717) is 0 Å². The molecule has 0 saturated carbocycles. The summed E-state index contributed by atoms with van der Waals surface area (Å²) < 4.78 is 5.37. The lowest BCUT2D eigenvalue weighted by Gasteiger charge is -2.22. The Hall–Kier alpha value is -1.07. The van der Waals surface area contributed by atoms with Crippen molar-refractivity contribution in [2.75, 3.05) is 5.75 Å². The van der Waals surface area contributed by atoms with Crippen LogP contribution >= 0.6 is 11.8 Å². The maximum absolute atomic E-state index is 11.9. The van der Waals surface area contributed by atoms with Gasteiger partial charge in [-0.3, -0.25) is 15.1 Å². The van der Waals surface area contributed by atoms with Crippen molar-refractivity contribution in [2.24, 2.45) is 0 Å². The highest BCUT2D eigenvalue weighted by Crippen LogP contribution is 2.32. The Labute approximate surface area is 112 Å². The Balaban J connectivity index is 1.95. The van der Waals surface area contributed by atoms with E-state index in [9.17, 15) is 4.79 Å². The van der Waals surface area contributed by atoms with E-state index in [0.717, 1.165) is 11.4 Å². The Morgan fingerprint density at radius 3 is 2.89 bits per heavy atom. The van der Waals surface area contributed by atoms with Crippen LogP contribution in [0, 0.1) is 0 Å². The first-order chi connectivity index (χ1) is 8.46. The summed E-state index contributed by atoms with van der Waals surface area (Å²) >= 11 is 1.68. The van der Waals surface area contributed by atoms with Gasteiger partial charge >= 0.3 is 5.97 Å². The van der Waals surface area contributed by atoms with Crippen molar-refractivity contribution >= 4 is 17.7 Å². The average molecular weight is 266 g/mol. The monoisotopic (exact) mass is 266 g/mol. The van der Waals surface area contributed by atoms with E-state index in [1.165, 1.54) is 0 Å². The lowest BCUT2D eigenvalue weighted by Crippen LogP contribution is -2.39. The van der Waals surface area contributed by atoms with Crippen molar-refractivity contribution < 1.29 is 9.53 Å². The highest BCUT2D eigenvalue weighted by Gasteiger charge is 2.33. The maximum atomic E-state index is 11.9. The Morgan fingerprint density at radius 2 is 2.28 bits per heavy atom. The van der Waals surface area contributed by atoms with Gasteiger partial charge < -0.3 is 4.74 Å². The van der Waals surface area contributed by atoms with Crippen LogP contribution in [-0.4, -0.2) is 28.3 Å². The van der Waals surface area contributed by atoms with Gasteiger partial charge in [-0.1, -0.05) is 6.07 Å². The molecule has 0 spiro atoms. The number of carbonyl (C=O) groups is 1. The summed E-state index contributed by atoms with van der Waals surface area (Å²) in [6.45, 7) is 5.63. The normalized spacial score (nSPS) is 23.9. The van der Waals surface area contributed by atoms with Crippen LogP contribution in [0.5, 0.6) is 0 Å². The number of rotatable bonds is 2. The standard InChI is InChI=1S/C13H18N2O2S/c1-13(2,3)17-12(16)10-8-18-11(15-10)9-6-4-5-7-14-9/h4-7,10-11,15H,8H2,1-3H3. The molecule has 1 N–H and O–H groups in total. The molecule has 0 aromatic carbocycles. The van der Waals surface area contributed by atoms with Gasteiger partial charge in [-0.15, -0.1) is 11.8 Å². The Kier molecular flexibility index (Phi) is 3.92. The quantitative estimate of drug-likeness (QED) is 0.831. The molecule has 1 saturated heterocycles. The number of thioether (sulfide) groups is 1. The van der Waals surface area contributed by atoms with Crippen LogP contribution in [0.4, 0.5) is 0 Å². The van der Waals surface area contributed by atoms with E-state index in [1.54, 1.807) is 18.0 Å². The second-order valence-electron chi connectivity index (χ2n) is 5.22. The van der Waals surface area contributed by atoms with Crippen molar-refractivity contribution in [3.63, 3.8) is 0 Å². The molecule has 0 aliphatic carbocycles. The molecule has 1 fully saturated rings. The van der Waals surface area contributed by atoms with Crippen molar-refractivity contribution in [3.8, 4) is 0 Å². The number of nitrogens with zero attached hydrogens (tertiary/aromatic N) is 1. The van der Waals surface area contributed by atoms with Crippen molar-refractivity contribution in [3.05, 3.63) is 30.1 Å². The van der Waals surface area contributed by atoms with Crippen LogP contribution in [0.25, 0.3) is 0 Å². The van der Waals surface area contributed by atoms with Gasteiger partial charge in [0.05, 0.1) is 11.1 Å². The molecule has 1 aromatic heterocycles. The molecule has 2 heterocycles. The molecule has 1 aromatic rings. The summed E-state index contributed by atoms with van der Waals surface area (Å²) in [5, 5.41) is 3.33. The Morgan fingerprint density at radius 1 is 1.50 bits per heavy atom.